The minimum atomic E-state index is 0.904. The molecule has 0 amide bonds. The summed E-state index contributed by atoms with van der Waals surface area (Å²) < 4.78 is 13.3. The van der Waals surface area contributed by atoms with Gasteiger partial charge in [0.05, 0.1) is 22.8 Å². The van der Waals surface area contributed by atoms with Crippen molar-refractivity contribution in [2.24, 2.45) is 0 Å². The summed E-state index contributed by atoms with van der Waals surface area (Å²) in [5.41, 5.74) is 12.4. The highest BCUT2D eigenvalue weighted by molar-refractivity contribution is 5.83. The minimum absolute atomic E-state index is 0.904. The van der Waals surface area contributed by atoms with E-state index in [0.717, 1.165) is 83.8 Å². The van der Waals surface area contributed by atoms with Crippen LogP contribution < -0.4 is 0 Å². The Morgan fingerprint density at radius 1 is 0.596 bits per heavy atom. The first-order chi connectivity index (χ1) is 23.3. The molecule has 0 atom stereocenters. The number of rotatable bonds is 6. The summed E-state index contributed by atoms with van der Waals surface area (Å²) in [6.07, 6.45) is 15.5. The Labute approximate surface area is 277 Å². The lowest BCUT2D eigenvalue weighted by Gasteiger charge is -2.28. The number of hydrogen-bond acceptors (Lipinski definition) is 1. The van der Waals surface area contributed by atoms with Crippen molar-refractivity contribution >= 4 is 17.1 Å². The molecule has 5 aromatic rings. The fourth-order valence-electron chi connectivity index (χ4n) is 7.09. The standard InChI is InChI=1S/C45H37O2/c1-5-16-34(17-6-1)42-30-40-32(26-14-28-38(40)44(46-42)36-20-9-3-10-21-36)24-13-25-33-27-15-29-39-41(33)31-43(35-18-7-2-8-19-35)47-45(39)37-22-11-4-12-23-37/h1-13,16-25,30-31H,14-15,26-29H2/q+1. The molecule has 228 valence electrons. The molecule has 0 saturated carbocycles. The second kappa shape index (κ2) is 13.1. The van der Waals surface area contributed by atoms with Crippen molar-refractivity contribution in [3.63, 3.8) is 0 Å². The molecule has 0 radical (unpaired) electrons. The van der Waals surface area contributed by atoms with Gasteiger partial charge in [0, 0.05) is 16.7 Å². The quantitative estimate of drug-likeness (QED) is 0.179. The number of ether oxygens (including phenoxy) is 1. The summed E-state index contributed by atoms with van der Waals surface area (Å²) in [5.74, 6) is 3.78. The van der Waals surface area contributed by atoms with Crippen molar-refractivity contribution in [2.45, 2.75) is 38.5 Å². The highest BCUT2D eigenvalue weighted by Crippen LogP contribution is 2.44. The molecule has 2 heterocycles. The van der Waals surface area contributed by atoms with Crippen LogP contribution >= 0.6 is 0 Å². The van der Waals surface area contributed by atoms with Crippen LogP contribution in [0.3, 0.4) is 0 Å². The van der Waals surface area contributed by atoms with Gasteiger partial charge in [-0.2, -0.15) is 0 Å². The maximum Gasteiger partial charge on any atom is 0.364 e. The van der Waals surface area contributed by atoms with E-state index in [9.17, 15) is 0 Å². The Morgan fingerprint density at radius 3 is 1.91 bits per heavy atom. The van der Waals surface area contributed by atoms with Crippen molar-refractivity contribution in [1.29, 1.82) is 0 Å². The molecule has 8 rings (SSSR count). The zero-order valence-corrected chi connectivity index (χ0v) is 26.5. The topological polar surface area (TPSA) is 20.5 Å². The third-order valence-electron chi connectivity index (χ3n) is 9.39. The van der Waals surface area contributed by atoms with Crippen molar-refractivity contribution in [3.05, 3.63) is 191 Å². The summed E-state index contributed by atoms with van der Waals surface area (Å²) in [4.78, 5) is 0. The van der Waals surface area contributed by atoms with Crippen LogP contribution in [0.1, 0.15) is 54.4 Å². The zero-order chi connectivity index (χ0) is 31.4. The van der Waals surface area contributed by atoms with E-state index in [2.05, 4.69) is 152 Å². The van der Waals surface area contributed by atoms with E-state index in [1.54, 1.807) is 0 Å². The number of hydrogen-bond donors (Lipinski definition) is 0. The van der Waals surface area contributed by atoms with Gasteiger partial charge < -0.3 is 4.74 Å². The maximum absolute atomic E-state index is 6.67. The molecule has 0 bridgehead atoms. The van der Waals surface area contributed by atoms with Gasteiger partial charge in [0.2, 0.25) is 0 Å². The second-order valence-electron chi connectivity index (χ2n) is 12.4. The largest absolute Gasteiger partial charge is 0.456 e. The smallest absolute Gasteiger partial charge is 0.364 e. The van der Waals surface area contributed by atoms with Gasteiger partial charge in [-0.25, -0.2) is 4.42 Å². The van der Waals surface area contributed by atoms with E-state index < -0.39 is 0 Å². The van der Waals surface area contributed by atoms with E-state index in [-0.39, 0.29) is 0 Å². The summed E-state index contributed by atoms with van der Waals surface area (Å²) >= 11 is 0. The van der Waals surface area contributed by atoms with Crippen LogP contribution in [0, 0.1) is 0 Å². The van der Waals surface area contributed by atoms with Crippen LogP contribution in [0.5, 0.6) is 0 Å². The van der Waals surface area contributed by atoms with Gasteiger partial charge in [0.1, 0.15) is 11.5 Å². The first kappa shape index (κ1) is 29.0. The normalized spacial score (nSPS) is 16.9. The lowest BCUT2D eigenvalue weighted by atomic mass is 9.83. The maximum atomic E-state index is 6.67. The summed E-state index contributed by atoms with van der Waals surface area (Å²) in [5, 5.41) is 0. The fraction of sp³-hybridized carbons (Fsp3) is 0.133. The van der Waals surface area contributed by atoms with Crippen LogP contribution in [0.15, 0.2) is 173 Å². The summed E-state index contributed by atoms with van der Waals surface area (Å²) in [6, 6.07) is 44.3. The highest BCUT2D eigenvalue weighted by atomic mass is 16.5. The van der Waals surface area contributed by atoms with Gasteiger partial charge in [-0.15, -0.1) is 0 Å². The third-order valence-corrected chi connectivity index (χ3v) is 9.39. The number of allylic oxidation sites excluding steroid dienone is 8. The molecule has 1 aliphatic heterocycles. The molecule has 0 unspecified atom stereocenters. The lowest BCUT2D eigenvalue weighted by molar-refractivity contribution is 0.458. The monoisotopic (exact) mass is 609 g/mol. The molecule has 0 N–H and O–H groups in total. The van der Waals surface area contributed by atoms with E-state index in [1.165, 1.54) is 33.4 Å². The Kier molecular flexibility index (Phi) is 8.07. The van der Waals surface area contributed by atoms with Gasteiger partial charge in [-0.05, 0) is 91.1 Å². The van der Waals surface area contributed by atoms with Gasteiger partial charge in [0.15, 0.2) is 0 Å². The molecule has 0 spiro atoms. The number of benzene rings is 4. The van der Waals surface area contributed by atoms with Crippen molar-refractivity contribution in [2.75, 3.05) is 0 Å². The van der Waals surface area contributed by atoms with Crippen LogP contribution in [0.4, 0.5) is 0 Å². The lowest BCUT2D eigenvalue weighted by Crippen LogP contribution is -2.10. The van der Waals surface area contributed by atoms with Crippen molar-refractivity contribution in [3.8, 4) is 22.6 Å². The van der Waals surface area contributed by atoms with E-state index in [4.69, 9.17) is 9.15 Å². The van der Waals surface area contributed by atoms with Crippen molar-refractivity contribution < 1.29 is 9.15 Å². The first-order valence-electron chi connectivity index (χ1n) is 16.8. The van der Waals surface area contributed by atoms with Gasteiger partial charge in [0.25, 0.3) is 0 Å². The zero-order valence-electron chi connectivity index (χ0n) is 26.5. The molecule has 4 aromatic carbocycles. The highest BCUT2D eigenvalue weighted by Gasteiger charge is 2.30. The van der Waals surface area contributed by atoms with E-state index in [1.807, 2.05) is 0 Å². The molecule has 1 aromatic heterocycles. The molecule has 0 saturated heterocycles. The molecule has 2 heteroatoms. The van der Waals surface area contributed by atoms with Gasteiger partial charge >= 0.3 is 11.5 Å². The summed E-state index contributed by atoms with van der Waals surface area (Å²) in [6.45, 7) is 0. The molecule has 2 aliphatic carbocycles. The first-order valence-corrected chi connectivity index (χ1v) is 16.8. The van der Waals surface area contributed by atoms with E-state index >= 15 is 0 Å². The van der Waals surface area contributed by atoms with Crippen LogP contribution in [0.2, 0.25) is 0 Å². The van der Waals surface area contributed by atoms with Crippen LogP contribution in [-0.2, 0) is 11.2 Å². The third kappa shape index (κ3) is 5.95. The molecule has 3 aliphatic rings. The predicted molar refractivity (Wildman–Crippen MR) is 194 cm³/mol. The second-order valence-corrected chi connectivity index (χ2v) is 12.4. The average Bonchev–Trinajstić information content (AvgIpc) is 3.15. The fourth-order valence-corrected chi connectivity index (χ4v) is 7.09. The van der Waals surface area contributed by atoms with Crippen molar-refractivity contribution in [1.82, 2.24) is 0 Å². The summed E-state index contributed by atoms with van der Waals surface area (Å²) in [7, 11) is 0. The average molecular weight is 610 g/mol. The van der Waals surface area contributed by atoms with E-state index in [0.29, 0.717) is 0 Å². The molecule has 2 nitrogen and oxygen atoms in total. The molecule has 0 fully saturated rings. The van der Waals surface area contributed by atoms with Gasteiger partial charge in [-0.3, -0.25) is 0 Å². The minimum Gasteiger partial charge on any atom is -0.456 e. The van der Waals surface area contributed by atoms with Crippen LogP contribution in [-0.4, -0.2) is 0 Å². The molecular formula is C45H37O2+. The SMILES string of the molecule is C1=C(c2ccccc2)OC(c2ccccc2)=C2CCCC(/C=C/C=C3\CCCc4c3cc(-c3ccccc3)[o+]c4-c3ccccc3)=C12. The Morgan fingerprint density at radius 2 is 1.21 bits per heavy atom. The molecule has 47 heavy (non-hydrogen) atoms. The predicted octanol–water partition coefficient (Wildman–Crippen LogP) is 12.1. The Balaban J connectivity index is 1.22. The molecular weight excluding hydrogens is 572 g/mol. The van der Waals surface area contributed by atoms with Gasteiger partial charge in [-0.1, -0.05) is 115 Å². The number of fused-ring (bicyclic) bond motifs is 2. The van der Waals surface area contributed by atoms with Crippen LogP contribution in [0.25, 0.3) is 39.7 Å². The Bertz CT molecular complexity index is 2060. The Hall–Kier alpha value is -5.47.